The summed E-state index contributed by atoms with van der Waals surface area (Å²) in [5, 5.41) is 10.4. The van der Waals surface area contributed by atoms with Gasteiger partial charge >= 0.3 is 0 Å². The number of nitrogens with one attached hydrogen (secondary N) is 1. The first-order valence-electron chi connectivity index (χ1n) is 7.31. The van der Waals surface area contributed by atoms with E-state index < -0.39 is 0 Å². The van der Waals surface area contributed by atoms with E-state index in [-0.39, 0.29) is 24.5 Å². The van der Waals surface area contributed by atoms with Crippen LogP contribution in [0.2, 0.25) is 0 Å². The van der Waals surface area contributed by atoms with Crippen molar-refractivity contribution in [3.05, 3.63) is 60.0 Å². The zero-order valence-electron chi connectivity index (χ0n) is 12.7. The summed E-state index contributed by atoms with van der Waals surface area (Å²) in [5.74, 6) is -0.229. The fraction of sp³-hybridized carbons (Fsp3) is 0.176. The van der Waals surface area contributed by atoms with E-state index in [1.54, 1.807) is 41.2 Å². The number of carbonyl (C=O) groups is 2. The molecule has 1 N–H and O–H groups in total. The van der Waals surface area contributed by atoms with Gasteiger partial charge in [0.1, 0.15) is 6.33 Å². The van der Waals surface area contributed by atoms with Crippen molar-refractivity contribution >= 4 is 23.0 Å². The van der Waals surface area contributed by atoms with E-state index in [1.807, 2.05) is 19.1 Å². The van der Waals surface area contributed by atoms with Crippen LogP contribution in [0.1, 0.15) is 28.8 Å². The monoisotopic (exact) mass is 308 g/mol. The lowest BCUT2D eigenvalue weighted by Crippen LogP contribution is -2.13. The molecule has 116 valence electrons. The third kappa shape index (κ3) is 3.60. The van der Waals surface area contributed by atoms with E-state index in [4.69, 9.17) is 0 Å². The minimum absolute atomic E-state index is 0.0330. The first-order valence-corrected chi connectivity index (χ1v) is 7.31. The smallest absolute Gasteiger partial charge is 0.224 e. The number of pyridine rings is 1. The molecule has 3 aromatic rings. The first kappa shape index (κ1) is 14.9. The Balaban J connectivity index is 1.56. The molecule has 0 aliphatic rings. The van der Waals surface area contributed by atoms with Crippen molar-refractivity contribution < 1.29 is 9.59 Å². The SMILES string of the molecule is Cc1ccc(C(=O)CCC(=O)Nc2ccc3nncn3c2)cc1. The van der Waals surface area contributed by atoms with Gasteiger partial charge in [-0.3, -0.25) is 14.0 Å². The Kier molecular flexibility index (Phi) is 4.14. The van der Waals surface area contributed by atoms with Gasteiger partial charge in [0, 0.05) is 24.6 Å². The van der Waals surface area contributed by atoms with Crippen LogP contribution in [0.15, 0.2) is 48.9 Å². The summed E-state index contributed by atoms with van der Waals surface area (Å²) in [6.07, 6.45) is 3.62. The van der Waals surface area contributed by atoms with Crippen LogP contribution in [-0.2, 0) is 4.79 Å². The van der Waals surface area contributed by atoms with Crippen LogP contribution in [0.4, 0.5) is 5.69 Å². The van der Waals surface area contributed by atoms with Crippen molar-refractivity contribution in [3.63, 3.8) is 0 Å². The third-order valence-electron chi connectivity index (χ3n) is 3.53. The predicted molar refractivity (Wildman–Crippen MR) is 86.4 cm³/mol. The average molecular weight is 308 g/mol. The minimum Gasteiger partial charge on any atom is -0.325 e. The van der Waals surface area contributed by atoms with Crippen LogP contribution in [0.25, 0.3) is 5.65 Å². The number of hydrogen-bond donors (Lipinski definition) is 1. The number of amides is 1. The molecule has 0 aliphatic carbocycles. The molecule has 23 heavy (non-hydrogen) atoms. The molecule has 0 saturated heterocycles. The molecule has 6 heteroatoms. The van der Waals surface area contributed by atoms with E-state index in [2.05, 4.69) is 15.5 Å². The number of carbonyl (C=O) groups excluding carboxylic acids is 2. The summed E-state index contributed by atoms with van der Waals surface area (Å²) >= 11 is 0. The van der Waals surface area contributed by atoms with Crippen molar-refractivity contribution in [2.75, 3.05) is 5.32 Å². The minimum atomic E-state index is -0.196. The normalized spacial score (nSPS) is 10.7. The zero-order valence-corrected chi connectivity index (χ0v) is 12.7. The number of rotatable bonds is 5. The predicted octanol–water partition coefficient (Wildman–Crippen LogP) is 2.64. The molecular weight excluding hydrogens is 292 g/mol. The van der Waals surface area contributed by atoms with Crippen LogP contribution in [0.5, 0.6) is 0 Å². The summed E-state index contributed by atoms with van der Waals surface area (Å²) in [6.45, 7) is 1.97. The van der Waals surface area contributed by atoms with Crippen molar-refractivity contribution in [1.29, 1.82) is 0 Å². The van der Waals surface area contributed by atoms with Crippen LogP contribution in [-0.4, -0.2) is 26.3 Å². The lowest BCUT2D eigenvalue weighted by atomic mass is 10.0. The van der Waals surface area contributed by atoms with Gasteiger partial charge < -0.3 is 5.32 Å². The quantitative estimate of drug-likeness (QED) is 0.735. The molecular formula is C17H16N4O2. The molecule has 0 spiro atoms. The van der Waals surface area contributed by atoms with E-state index in [9.17, 15) is 9.59 Å². The fourth-order valence-corrected chi connectivity index (χ4v) is 2.24. The van der Waals surface area contributed by atoms with Gasteiger partial charge in [0.05, 0.1) is 5.69 Å². The molecule has 3 rings (SSSR count). The summed E-state index contributed by atoms with van der Waals surface area (Å²) in [4.78, 5) is 24.0. The Labute approximate surface area is 133 Å². The van der Waals surface area contributed by atoms with Gasteiger partial charge in [0.2, 0.25) is 5.91 Å². The second kappa shape index (κ2) is 6.39. The Morgan fingerprint density at radius 1 is 1.09 bits per heavy atom. The highest BCUT2D eigenvalue weighted by molar-refractivity contribution is 6.00. The van der Waals surface area contributed by atoms with Crippen molar-refractivity contribution in [2.24, 2.45) is 0 Å². The number of benzene rings is 1. The average Bonchev–Trinajstić information content (AvgIpc) is 3.01. The first-order chi connectivity index (χ1) is 11.1. The van der Waals surface area contributed by atoms with Gasteiger partial charge in [-0.25, -0.2) is 0 Å². The Hall–Kier alpha value is -3.02. The summed E-state index contributed by atoms with van der Waals surface area (Å²) < 4.78 is 1.72. The maximum absolute atomic E-state index is 12.1. The zero-order chi connectivity index (χ0) is 16.2. The van der Waals surface area contributed by atoms with Gasteiger partial charge in [-0.15, -0.1) is 10.2 Å². The second-order valence-corrected chi connectivity index (χ2v) is 5.35. The molecule has 0 aliphatic heterocycles. The molecule has 1 aromatic carbocycles. The van der Waals surface area contributed by atoms with E-state index >= 15 is 0 Å². The van der Waals surface area contributed by atoms with Crippen LogP contribution in [0.3, 0.4) is 0 Å². The third-order valence-corrected chi connectivity index (χ3v) is 3.53. The highest BCUT2D eigenvalue weighted by atomic mass is 16.2. The molecule has 1 amide bonds. The van der Waals surface area contributed by atoms with Crippen LogP contribution < -0.4 is 5.32 Å². The summed E-state index contributed by atoms with van der Waals surface area (Å²) in [7, 11) is 0. The van der Waals surface area contributed by atoms with Crippen molar-refractivity contribution in [1.82, 2.24) is 14.6 Å². The van der Waals surface area contributed by atoms with Crippen LogP contribution >= 0.6 is 0 Å². The Morgan fingerprint density at radius 2 is 1.87 bits per heavy atom. The molecule has 2 aromatic heterocycles. The molecule has 0 unspecified atom stereocenters. The van der Waals surface area contributed by atoms with Crippen molar-refractivity contribution in [2.45, 2.75) is 19.8 Å². The summed E-state index contributed by atoms with van der Waals surface area (Å²) in [5.41, 5.74) is 3.08. The highest BCUT2D eigenvalue weighted by Gasteiger charge is 2.10. The molecule has 0 fully saturated rings. The van der Waals surface area contributed by atoms with Gasteiger partial charge in [-0.05, 0) is 19.1 Å². The summed E-state index contributed by atoms with van der Waals surface area (Å²) in [6, 6.07) is 10.9. The molecule has 0 saturated carbocycles. The molecule has 2 heterocycles. The Morgan fingerprint density at radius 3 is 2.65 bits per heavy atom. The van der Waals surface area contributed by atoms with E-state index in [0.717, 1.165) is 5.56 Å². The number of aromatic nitrogens is 3. The number of nitrogens with zero attached hydrogens (tertiary/aromatic N) is 3. The number of aryl methyl sites for hydroxylation is 1. The van der Waals surface area contributed by atoms with Gasteiger partial charge in [-0.2, -0.15) is 0 Å². The molecule has 0 bridgehead atoms. The molecule has 0 radical (unpaired) electrons. The molecule has 0 atom stereocenters. The largest absolute Gasteiger partial charge is 0.325 e. The van der Waals surface area contributed by atoms with Crippen LogP contribution in [0, 0.1) is 6.92 Å². The van der Waals surface area contributed by atoms with Gasteiger partial charge in [-0.1, -0.05) is 29.8 Å². The number of anilines is 1. The lowest BCUT2D eigenvalue weighted by Gasteiger charge is -2.05. The standard InChI is InChI=1S/C17H16N4O2/c1-12-2-4-13(5-3-12)15(22)7-9-17(23)19-14-6-8-16-20-18-11-21(16)10-14/h2-6,8,10-11H,7,9H2,1H3,(H,19,23). The van der Waals surface area contributed by atoms with Crippen molar-refractivity contribution in [3.8, 4) is 0 Å². The lowest BCUT2D eigenvalue weighted by molar-refractivity contribution is -0.116. The Bertz CT molecular complexity index is 852. The number of hydrogen-bond acceptors (Lipinski definition) is 4. The fourth-order valence-electron chi connectivity index (χ4n) is 2.24. The topological polar surface area (TPSA) is 76.4 Å². The van der Waals surface area contributed by atoms with Gasteiger partial charge in [0.15, 0.2) is 11.4 Å². The van der Waals surface area contributed by atoms with E-state index in [1.165, 1.54) is 0 Å². The second-order valence-electron chi connectivity index (χ2n) is 5.35. The maximum Gasteiger partial charge on any atom is 0.224 e. The maximum atomic E-state index is 12.1. The number of fused-ring (bicyclic) bond motifs is 1. The molecule has 6 nitrogen and oxygen atoms in total. The van der Waals surface area contributed by atoms with E-state index in [0.29, 0.717) is 16.9 Å². The van der Waals surface area contributed by atoms with Gasteiger partial charge in [0.25, 0.3) is 0 Å². The highest BCUT2D eigenvalue weighted by Crippen LogP contribution is 2.11. The number of Topliss-reactive ketones (excluding diaryl/α,β-unsaturated/α-hetero) is 1. The number of ketones is 1.